The molecule has 1 heterocycles. The highest BCUT2D eigenvalue weighted by molar-refractivity contribution is 5.97. The van der Waals surface area contributed by atoms with Gasteiger partial charge in [-0.05, 0) is 55.4 Å². The number of amides is 1. The number of nitrogens with zero attached hydrogens (tertiary/aromatic N) is 1. The maximum atomic E-state index is 12.5. The van der Waals surface area contributed by atoms with E-state index >= 15 is 0 Å². The van der Waals surface area contributed by atoms with Gasteiger partial charge >= 0.3 is 5.97 Å². The molecule has 0 aliphatic carbocycles. The Morgan fingerprint density at radius 1 is 1.14 bits per heavy atom. The summed E-state index contributed by atoms with van der Waals surface area (Å²) >= 11 is 0. The first-order valence-corrected chi connectivity index (χ1v) is 7.52. The lowest BCUT2D eigenvalue weighted by Gasteiger charge is -2.34. The first-order valence-electron chi connectivity index (χ1n) is 7.52. The summed E-state index contributed by atoms with van der Waals surface area (Å²) in [5.74, 6) is 0.288. The van der Waals surface area contributed by atoms with Crippen LogP contribution in [-0.2, 0) is 0 Å². The van der Waals surface area contributed by atoms with Crippen LogP contribution in [0.3, 0.4) is 0 Å². The summed E-state index contributed by atoms with van der Waals surface area (Å²) in [4.78, 5) is 25.5. The molecule has 1 aliphatic rings. The Morgan fingerprint density at radius 2 is 1.71 bits per heavy atom. The van der Waals surface area contributed by atoms with Gasteiger partial charge in [0.1, 0.15) is 0 Å². The molecule has 4 heteroatoms. The summed E-state index contributed by atoms with van der Waals surface area (Å²) in [6.07, 6.45) is 2.06. The average molecular weight is 289 g/mol. The van der Waals surface area contributed by atoms with E-state index in [0.29, 0.717) is 17.4 Å². The number of rotatable bonds is 3. The molecular weight excluding hydrogens is 266 g/mol. The Labute approximate surface area is 125 Å². The molecule has 0 atom stereocenters. The molecule has 21 heavy (non-hydrogen) atoms. The van der Waals surface area contributed by atoms with Crippen molar-refractivity contribution >= 4 is 11.9 Å². The number of carboxylic acids is 1. The van der Waals surface area contributed by atoms with E-state index in [1.807, 2.05) is 11.8 Å². The van der Waals surface area contributed by atoms with Crippen LogP contribution in [0, 0.1) is 18.8 Å². The van der Waals surface area contributed by atoms with Crippen molar-refractivity contribution in [2.75, 3.05) is 13.1 Å². The number of likely N-dealkylation sites (tertiary alicyclic amines) is 1. The summed E-state index contributed by atoms with van der Waals surface area (Å²) < 4.78 is 0. The molecule has 4 nitrogen and oxygen atoms in total. The van der Waals surface area contributed by atoms with Crippen molar-refractivity contribution in [1.29, 1.82) is 0 Å². The molecule has 1 amide bonds. The molecule has 0 saturated carbocycles. The molecule has 0 bridgehead atoms. The topological polar surface area (TPSA) is 57.6 Å². The average Bonchev–Trinajstić information content (AvgIpc) is 2.45. The maximum Gasteiger partial charge on any atom is 0.335 e. The largest absolute Gasteiger partial charge is 0.478 e. The number of carboxylic acid groups (broad SMARTS) is 1. The molecule has 0 radical (unpaired) electrons. The fourth-order valence-corrected chi connectivity index (χ4v) is 2.98. The van der Waals surface area contributed by atoms with Crippen LogP contribution in [0.1, 0.15) is 53.0 Å². The van der Waals surface area contributed by atoms with E-state index in [0.717, 1.165) is 31.5 Å². The molecule has 1 N–H and O–H groups in total. The van der Waals surface area contributed by atoms with E-state index in [1.54, 1.807) is 12.1 Å². The molecule has 1 aromatic carbocycles. The van der Waals surface area contributed by atoms with Gasteiger partial charge in [-0.1, -0.05) is 13.8 Å². The van der Waals surface area contributed by atoms with Crippen LogP contribution >= 0.6 is 0 Å². The Kier molecular flexibility index (Phi) is 4.66. The Bertz CT molecular complexity index is 543. The van der Waals surface area contributed by atoms with Crippen LogP contribution in [0.5, 0.6) is 0 Å². The number of carbonyl (C=O) groups excluding carboxylic acids is 1. The first-order chi connectivity index (χ1) is 9.88. The number of aromatic carboxylic acids is 1. The van der Waals surface area contributed by atoms with E-state index in [4.69, 9.17) is 5.11 Å². The number of benzene rings is 1. The second-order valence-electron chi connectivity index (χ2n) is 6.27. The van der Waals surface area contributed by atoms with Crippen molar-refractivity contribution in [2.45, 2.75) is 33.6 Å². The summed E-state index contributed by atoms with van der Waals surface area (Å²) in [6.45, 7) is 7.79. The van der Waals surface area contributed by atoms with Gasteiger partial charge in [0.15, 0.2) is 0 Å². The fraction of sp³-hybridized carbons (Fsp3) is 0.529. The second kappa shape index (κ2) is 6.29. The molecule has 114 valence electrons. The van der Waals surface area contributed by atoms with Crippen LogP contribution in [-0.4, -0.2) is 35.0 Å². The Morgan fingerprint density at radius 3 is 2.24 bits per heavy atom. The Hall–Kier alpha value is -1.84. The number of carbonyl (C=O) groups is 2. The summed E-state index contributed by atoms with van der Waals surface area (Å²) in [6, 6.07) is 4.83. The third-order valence-electron chi connectivity index (χ3n) is 4.34. The second-order valence-corrected chi connectivity index (χ2v) is 6.27. The van der Waals surface area contributed by atoms with E-state index in [9.17, 15) is 9.59 Å². The van der Waals surface area contributed by atoms with Crippen molar-refractivity contribution in [3.63, 3.8) is 0 Å². The molecule has 0 aromatic heterocycles. The highest BCUT2D eigenvalue weighted by Gasteiger charge is 2.25. The van der Waals surface area contributed by atoms with Gasteiger partial charge in [0, 0.05) is 18.7 Å². The molecule has 1 aromatic rings. The van der Waals surface area contributed by atoms with Crippen molar-refractivity contribution in [1.82, 2.24) is 4.90 Å². The molecule has 0 unspecified atom stereocenters. The normalized spacial score (nSPS) is 16.3. The van der Waals surface area contributed by atoms with E-state index in [1.165, 1.54) is 6.07 Å². The van der Waals surface area contributed by atoms with E-state index in [2.05, 4.69) is 13.8 Å². The van der Waals surface area contributed by atoms with Gasteiger partial charge in [-0.2, -0.15) is 0 Å². The SMILES string of the molecule is Cc1cc(C(=O)O)cc(C(=O)N2CCC(C(C)C)CC2)c1. The maximum absolute atomic E-state index is 12.5. The van der Waals surface area contributed by atoms with E-state index in [-0.39, 0.29) is 11.5 Å². The fourth-order valence-electron chi connectivity index (χ4n) is 2.98. The van der Waals surface area contributed by atoms with Gasteiger partial charge in [0.25, 0.3) is 5.91 Å². The number of hydrogen-bond acceptors (Lipinski definition) is 2. The molecule has 0 spiro atoms. The minimum absolute atomic E-state index is 0.0524. The zero-order valence-corrected chi connectivity index (χ0v) is 12.9. The highest BCUT2D eigenvalue weighted by Crippen LogP contribution is 2.25. The highest BCUT2D eigenvalue weighted by atomic mass is 16.4. The van der Waals surface area contributed by atoms with Crippen molar-refractivity contribution < 1.29 is 14.7 Å². The molecule has 1 saturated heterocycles. The minimum Gasteiger partial charge on any atom is -0.478 e. The van der Waals surface area contributed by atoms with Crippen LogP contribution in [0.4, 0.5) is 0 Å². The zero-order valence-electron chi connectivity index (χ0n) is 12.9. The van der Waals surface area contributed by atoms with Crippen molar-refractivity contribution in [3.8, 4) is 0 Å². The van der Waals surface area contributed by atoms with E-state index < -0.39 is 5.97 Å². The standard InChI is InChI=1S/C17H23NO3/c1-11(2)13-4-6-18(7-5-13)16(19)14-8-12(3)9-15(10-14)17(20)21/h8-11,13H,4-7H2,1-3H3,(H,20,21). The zero-order chi connectivity index (χ0) is 15.6. The van der Waals surface area contributed by atoms with Crippen molar-refractivity contribution in [3.05, 3.63) is 34.9 Å². The van der Waals surface area contributed by atoms with Crippen LogP contribution in [0.2, 0.25) is 0 Å². The Balaban J connectivity index is 2.12. The van der Waals surface area contributed by atoms with Crippen molar-refractivity contribution in [2.24, 2.45) is 11.8 Å². The van der Waals surface area contributed by atoms with Gasteiger partial charge in [-0.15, -0.1) is 0 Å². The minimum atomic E-state index is -0.994. The smallest absolute Gasteiger partial charge is 0.335 e. The van der Waals surface area contributed by atoms with Gasteiger partial charge in [-0.3, -0.25) is 4.79 Å². The summed E-state index contributed by atoms with van der Waals surface area (Å²) in [5, 5.41) is 9.10. The van der Waals surface area contributed by atoms with Gasteiger partial charge in [0.2, 0.25) is 0 Å². The molecule has 2 rings (SSSR count). The molecule has 1 fully saturated rings. The number of aryl methyl sites for hydroxylation is 1. The van der Waals surface area contributed by atoms with Crippen LogP contribution in [0.15, 0.2) is 18.2 Å². The van der Waals surface area contributed by atoms with Gasteiger partial charge < -0.3 is 10.0 Å². The third kappa shape index (κ3) is 3.63. The van der Waals surface area contributed by atoms with Crippen LogP contribution < -0.4 is 0 Å². The first kappa shape index (κ1) is 15.5. The predicted octanol–water partition coefficient (Wildman–Crippen LogP) is 3.20. The lowest BCUT2D eigenvalue weighted by Crippen LogP contribution is -2.39. The third-order valence-corrected chi connectivity index (χ3v) is 4.34. The lowest BCUT2D eigenvalue weighted by molar-refractivity contribution is 0.0667. The van der Waals surface area contributed by atoms with Gasteiger partial charge in [0.05, 0.1) is 5.56 Å². The summed E-state index contributed by atoms with van der Waals surface area (Å²) in [5.41, 5.74) is 1.46. The number of hydrogen-bond donors (Lipinski definition) is 1. The summed E-state index contributed by atoms with van der Waals surface area (Å²) in [7, 11) is 0. The predicted molar refractivity (Wildman–Crippen MR) is 81.6 cm³/mol. The monoisotopic (exact) mass is 289 g/mol. The molecule has 1 aliphatic heterocycles. The quantitative estimate of drug-likeness (QED) is 0.929. The van der Waals surface area contributed by atoms with Gasteiger partial charge in [-0.25, -0.2) is 4.79 Å². The molecular formula is C17H23NO3. The lowest BCUT2D eigenvalue weighted by atomic mass is 9.86. The number of piperidine rings is 1. The van der Waals surface area contributed by atoms with Crippen LogP contribution in [0.25, 0.3) is 0 Å².